The van der Waals surface area contributed by atoms with Crippen molar-refractivity contribution in [3.05, 3.63) is 65.2 Å². The fourth-order valence-corrected chi connectivity index (χ4v) is 4.29. The van der Waals surface area contributed by atoms with Crippen LogP contribution in [0.25, 0.3) is 0 Å². The molecule has 35 heavy (non-hydrogen) atoms. The van der Waals surface area contributed by atoms with Crippen LogP contribution in [0.15, 0.2) is 48.5 Å². The molecule has 2 N–H and O–H groups in total. The van der Waals surface area contributed by atoms with Gasteiger partial charge in [-0.3, -0.25) is 19.3 Å². The number of anilines is 1. The zero-order valence-electron chi connectivity index (χ0n) is 20.7. The molecule has 0 radical (unpaired) electrons. The number of amides is 2. The standard InChI is InChI=1S/C28H36N2O5/c1-28(2)26(34)30(27(28)35)24-12-10-22(11-13-24)19-21-6-8-23(9-7-21)20-25(33)5-3-4-14-29(15-17-31)16-18-32/h6-13,31-32H,3-5,14-20H2,1-2H3. The van der Waals surface area contributed by atoms with E-state index in [2.05, 4.69) is 0 Å². The maximum atomic E-state index is 12.3. The molecule has 1 fully saturated rings. The molecule has 1 saturated heterocycles. The quantitative estimate of drug-likeness (QED) is 0.245. The number of carbonyl (C=O) groups is 3. The number of β-lactam (4-membered cyclic amide) rings is 2. The molecule has 0 saturated carbocycles. The molecule has 1 aliphatic heterocycles. The smallest absolute Gasteiger partial charge is 0.248 e. The molecule has 2 aromatic rings. The van der Waals surface area contributed by atoms with E-state index in [1.165, 1.54) is 4.90 Å². The highest BCUT2D eigenvalue weighted by atomic mass is 16.3. The Labute approximate surface area is 207 Å². The summed E-state index contributed by atoms with van der Waals surface area (Å²) >= 11 is 0. The summed E-state index contributed by atoms with van der Waals surface area (Å²) in [6.07, 6.45) is 3.33. The third-order valence-corrected chi connectivity index (χ3v) is 6.51. The SMILES string of the molecule is CC1(C)C(=O)N(c2ccc(Cc3ccc(CC(=O)CCCCN(CCO)CCO)cc3)cc2)C1=O. The van der Waals surface area contributed by atoms with Crippen molar-refractivity contribution in [1.82, 2.24) is 4.90 Å². The van der Waals surface area contributed by atoms with Crippen molar-refractivity contribution in [2.45, 2.75) is 46.0 Å². The lowest BCUT2D eigenvalue weighted by atomic mass is 9.81. The highest BCUT2D eigenvalue weighted by Gasteiger charge is 2.54. The Hall–Kier alpha value is -2.87. The fourth-order valence-electron chi connectivity index (χ4n) is 4.29. The summed E-state index contributed by atoms with van der Waals surface area (Å²) in [6.45, 7) is 5.29. The molecule has 0 bridgehead atoms. The molecular weight excluding hydrogens is 444 g/mol. The maximum Gasteiger partial charge on any atom is 0.248 e. The molecule has 7 heteroatoms. The Kier molecular flexibility index (Phi) is 9.32. The van der Waals surface area contributed by atoms with E-state index < -0.39 is 5.41 Å². The molecule has 0 atom stereocenters. The number of aliphatic hydroxyl groups is 2. The largest absolute Gasteiger partial charge is 0.395 e. The molecule has 1 heterocycles. The number of hydrogen-bond acceptors (Lipinski definition) is 6. The van der Waals surface area contributed by atoms with Crippen LogP contribution in [0.3, 0.4) is 0 Å². The summed E-state index contributed by atoms with van der Waals surface area (Å²) in [5.41, 5.74) is 2.87. The maximum absolute atomic E-state index is 12.3. The van der Waals surface area contributed by atoms with E-state index in [1.54, 1.807) is 26.0 Å². The summed E-state index contributed by atoms with van der Waals surface area (Å²) in [6, 6.07) is 15.5. The number of nitrogens with zero attached hydrogens (tertiary/aromatic N) is 2. The zero-order chi connectivity index (χ0) is 25.4. The molecule has 1 aliphatic rings. The van der Waals surface area contributed by atoms with Gasteiger partial charge in [-0.05, 0) is 68.5 Å². The van der Waals surface area contributed by atoms with Crippen molar-refractivity contribution >= 4 is 23.3 Å². The van der Waals surface area contributed by atoms with E-state index in [1.807, 2.05) is 41.3 Å². The number of Topliss-reactive ketones (excluding diaryl/α,β-unsaturated/α-hetero) is 1. The summed E-state index contributed by atoms with van der Waals surface area (Å²) in [4.78, 5) is 40.0. The molecule has 0 aliphatic carbocycles. The minimum atomic E-state index is -0.927. The van der Waals surface area contributed by atoms with Crippen LogP contribution in [0, 0.1) is 5.41 Å². The van der Waals surface area contributed by atoms with E-state index in [9.17, 15) is 14.4 Å². The molecular formula is C28H36N2O5. The lowest BCUT2D eigenvalue weighted by molar-refractivity contribution is -0.149. The normalized spacial score (nSPS) is 14.9. The number of benzene rings is 2. The van der Waals surface area contributed by atoms with Crippen LogP contribution >= 0.6 is 0 Å². The van der Waals surface area contributed by atoms with Crippen molar-refractivity contribution in [2.24, 2.45) is 5.41 Å². The first-order chi connectivity index (χ1) is 16.8. The first-order valence-corrected chi connectivity index (χ1v) is 12.3. The highest BCUT2D eigenvalue weighted by Crippen LogP contribution is 2.36. The van der Waals surface area contributed by atoms with E-state index >= 15 is 0 Å². The van der Waals surface area contributed by atoms with Crippen LogP contribution in [0.5, 0.6) is 0 Å². The van der Waals surface area contributed by atoms with E-state index in [0.29, 0.717) is 31.6 Å². The lowest BCUT2D eigenvalue weighted by Crippen LogP contribution is -2.63. The summed E-state index contributed by atoms with van der Waals surface area (Å²) < 4.78 is 0. The van der Waals surface area contributed by atoms with Crippen LogP contribution in [-0.2, 0) is 27.2 Å². The van der Waals surface area contributed by atoms with Crippen LogP contribution < -0.4 is 4.90 Å². The summed E-state index contributed by atoms with van der Waals surface area (Å²) in [7, 11) is 0. The predicted octanol–water partition coefficient (Wildman–Crippen LogP) is 2.75. The first-order valence-electron chi connectivity index (χ1n) is 12.3. The Morgan fingerprint density at radius 3 is 1.86 bits per heavy atom. The van der Waals surface area contributed by atoms with Crippen molar-refractivity contribution in [1.29, 1.82) is 0 Å². The third-order valence-electron chi connectivity index (χ3n) is 6.51. The summed E-state index contributed by atoms with van der Waals surface area (Å²) in [5, 5.41) is 18.1. The van der Waals surface area contributed by atoms with Gasteiger partial charge in [0.05, 0.1) is 18.9 Å². The van der Waals surface area contributed by atoms with Gasteiger partial charge in [-0.15, -0.1) is 0 Å². The van der Waals surface area contributed by atoms with Crippen molar-refractivity contribution in [2.75, 3.05) is 37.7 Å². The van der Waals surface area contributed by atoms with Gasteiger partial charge >= 0.3 is 0 Å². The van der Waals surface area contributed by atoms with Gasteiger partial charge in [0.1, 0.15) is 11.2 Å². The highest BCUT2D eigenvalue weighted by molar-refractivity contribution is 6.35. The number of rotatable bonds is 14. The van der Waals surface area contributed by atoms with Crippen LogP contribution in [-0.4, -0.2) is 65.6 Å². The van der Waals surface area contributed by atoms with Crippen LogP contribution in [0.1, 0.15) is 49.8 Å². The van der Waals surface area contributed by atoms with E-state index in [-0.39, 0.29) is 30.8 Å². The number of unbranched alkanes of at least 4 members (excludes halogenated alkanes) is 1. The van der Waals surface area contributed by atoms with Gasteiger partial charge in [-0.25, -0.2) is 4.90 Å². The zero-order valence-corrected chi connectivity index (χ0v) is 20.7. The molecule has 0 unspecified atom stereocenters. The van der Waals surface area contributed by atoms with Crippen LogP contribution in [0.2, 0.25) is 0 Å². The van der Waals surface area contributed by atoms with Gasteiger partial charge in [0.15, 0.2) is 0 Å². The predicted molar refractivity (Wildman–Crippen MR) is 135 cm³/mol. The second-order valence-corrected chi connectivity index (χ2v) is 9.69. The van der Waals surface area contributed by atoms with Gasteiger partial charge in [0.25, 0.3) is 0 Å². The minimum absolute atomic E-state index is 0.0688. The molecule has 0 aromatic heterocycles. The number of ketones is 1. The van der Waals surface area contributed by atoms with Gasteiger partial charge in [-0.2, -0.15) is 0 Å². The van der Waals surface area contributed by atoms with Gasteiger partial charge in [-0.1, -0.05) is 36.4 Å². The summed E-state index contributed by atoms with van der Waals surface area (Å²) in [5.74, 6) is -0.140. The monoisotopic (exact) mass is 480 g/mol. The van der Waals surface area contributed by atoms with Crippen molar-refractivity contribution in [3.63, 3.8) is 0 Å². The minimum Gasteiger partial charge on any atom is -0.395 e. The Bertz CT molecular complexity index is 991. The number of carbonyl (C=O) groups excluding carboxylic acids is 3. The average Bonchev–Trinajstić information content (AvgIpc) is 2.84. The molecule has 3 rings (SSSR count). The second kappa shape index (κ2) is 12.2. The first kappa shape index (κ1) is 26.7. The molecule has 2 aromatic carbocycles. The average molecular weight is 481 g/mol. The van der Waals surface area contributed by atoms with E-state index in [4.69, 9.17) is 10.2 Å². The third kappa shape index (κ3) is 6.84. The van der Waals surface area contributed by atoms with E-state index in [0.717, 1.165) is 42.5 Å². The molecule has 188 valence electrons. The van der Waals surface area contributed by atoms with Crippen LogP contribution in [0.4, 0.5) is 5.69 Å². The molecule has 7 nitrogen and oxygen atoms in total. The van der Waals surface area contributed by atoms with Gasteiger partial charge < -0.3 is 10.2 Å². The Morgan fingerprint density at radius 1 is 0.800 bits per heavy atom. The second-order valence-electron chi connectivity index (χ2n) is 9.69. The number of hydrogen-bond donors (Lipinski definition) is 2. The lowest BCUT2D eigenvalue weighted by Gasteiger charge is -2.41. The van der Waals surface area contributed by atoms with Gasteiger partial charge in [0.2, 0.25) is 11.8 Å². The molecule has 0 spiro atoms. The molecule has 2 amide bonds. The fraction of sp³-hybridized carbons (Fsp3) is 0.464. The topological polar surface area (TPSA) is 98.2 Å². The van der Waals surface area contributed by atoms with Crippen molar-refractivity contribution in [3.8, 4) is 0 Å². The number of imide groups is 1. The van der Waals surface area contributed by atoms with Gasteiger partial charge in [0, 0.05) is 25.9 Å². The van der Waals surface area contributed by atoms with Crippen molar-refractivity contribution < 1.29 is 24.6 Å². The Morgan fingerprint density at radius 2 is 1.31 bits per heavy atom. The number of aliphatic hydroxyl groups excluding tert-OH is 2. The Balaban J connectivity index is 1.43.